The van der Waals surface area contributed by atoms with E-state index in [2.05, 4.69) is 24.1 Å². The van der Waals surface area contributed by atoms with Crippen molar-refractivity contribution in [2.75, 3.05) is 19.0 Å². The molecule has 1 atom stereocenters. The summed E-state index contributed by atoms with van der Waals surface area (Å²) in [5.41, 5.74) is 5.59. The number of anilines is 1. The first-order chi connectivity index (χ1) is 7.65. The summed E-state index contributed by atoms with van der Waals surface area (Å²) in [4.78, 5) is 4.29. The van der Waals surface area contributed by atoms with Gasteiger partial charge >= 0.3 is 0 Å². The van der Waals surface area contributed by atoms with Crippen LogP contribution < -0.4 is 15.8 Å². The molecule has 0 spiro atoms. The Morgan fingerprint density at radius 1 is 1.56 bits per heavy atom. The highest BCUT2D eigenvalue weighted by molar-refractivity contribution is 5.51. The van der Waals surface area contributed by atoms with E-state index in [9.17, 15) is 0 Å². The Balaban J connectivity index is 2.85. The van der Waals surface area contributed by atoms with Crippen molar-refractivity contribution >= 4 is 5.82 Å². The van der Waals surface area contributed by atoms with Gasteiger partial charge in [-0.3, -0.25) is 0 Å². The average Bonchev–Trinajstić information content (AvgIpc) is 2.30. The van der Waals surface area contributed by atoms with Crippen molar-refractivity contribution in [1.82, 2.24) is 4.98 Å². The predicted molar refractivity (Wildman–Crippen MR) is 66.8 cm³/mol. The monoisotopic (exact) mass is 223 g/mol. The lowest BCUT2D eigenvalue weighted by atomic mass is 9.94. The number of ether oxygens (including phenoxy) is 1. The third kappa shape index (κ3) is 3.10. The summed E-state index contributed by atoms with van der Waals surface area (Å²) >= 11 is 0. The lowest BCUT2D eigenvalue weighted by Gasteiger charge is -2.30. The van der Waals surface area contributed by atoms with Gasteiger partial charge in [0.15, 0.2) is 11.6 Å². The smallest absolute Gasteiger partial charge is 0.169 e. The van der Waals surface area contributed by atoms with E-state index in [1.807, 2.05) is 12.1 Å². The maximum Gasteiger partial charge on any atom is 0.169 e. The van der Waals surface area contributed by atoms with Crippen molar-refractivity contribution in [3.05, 3.63) is 18.3 Å². The summed E-state index contributed by atoms with van der Waals surface area (Å²) in [6.07, 6.45) is 3.65. The summed E-state index contributed by atoms with van der Waals surface area (Å²) in [5, 5.41) is 3.41. The van der Waals surface area contributed by atoms with Gasteiger partial charge in [0.05, 0.1) is 7.11 Å². The predicted octanol–water partition coefficient (Wildman–Crippen LogP) is 2.02. The Kier molecular flexibility index (Phi) is 4.55. The number of hydrogen-bond acceptors (Lipinski definition) is 4. The highest BCUT2D eigenvalue weighted by Gasteiger charge is 2.22. The first kappa shape index (κ1) is 12.8. The minimum Gasteiger partial charge on any atom is -0.493 e. The molecule has 4 nitrogen and oxygen atoms in total. The molecule has 0 aliphatic carbocycles. The van der Waals surface area contributed by atoms with Gasteiger partial charge in [0.2, 0.25) is 0 Å². The Morgan fingerprint density at radius 3 is 2.88 bits per heavy atom. The summed E-state index contributed by atoms with van der Waals surface area (Å²) in [6.45, 7) is 4.94. The van der Waals surface area contributed by atoms with Crippen LogP contribution in [0.25, 0.3) is 0 Å². The van der Waals surface area contributed by atoms with Crippen LogP contribution in [0.3, 0.4) is 0 Å². The first-order valence-corrected chi connectivity index (χ1v) is 5.62. The molecular weight excluding hydrogens is 202 g/mol. The molecule has 0 aliphatic heterocycles. The maximum absolute atomic E-state index is 5.62. The van der Waals surface area contributed by atoms with E-state index in [0.717, 1.165) is 24.4 Å². The van der Waals surface area contributed by atoms with Crippen LogP contribution >= 0.6 is 0 Å². The lowest BCUT2D eigenvalue weighted by molar-refractivity contribution is 0.408. The lowest BCUT2D eigenvalue weighted by Crippen LogP contribution is -2.36. The van der Waals surface area contributed by atoms with Gasteiger partial charge in [0.1, 0.15) is 0 Å². The Morgan fingerprint density at radius 2 is 2.31 bits per heavy atom. The largest absolute Gasteiger partial charge is 0.493 e. The maximum atomic E-state index is 5.62. The summed E-state index contributed by atoms with van der Waals surface area (Å²) in [7, 11) is 1.65. The van der Waals surface area contributed by atoms with Crippen LogP contribution in [0.5, 0.6) is 5.75 Å². The van der Waals surface area contributed by atoms with Gasteiger partial charge in [-0.15, -0.1) is 0 Å². The van der Waals surface area contributed by atoms with Gasteiger partial charge in [0.25, 0.3) is 0 Å². The molecule has 1 heterocycles. The molecule has 0 bridgehead atoms. The molecule has 1 aromatic rings. The third-order valence-electron chi connectivity index (χ3n) is 2.89. The van der Waals surface area contributed by atoms with Crippen molar-refractivity contribution in [3.8, 4) is 5.75 Å². The number of methoxy groups -OCH3 is 1. The van der Waals surface area contributed by atoms with Gasteiger partial charge in [-0.05, 0) is 38.4 Å². The number of nitrogens with two attached hydrogens (primary N) is 1. The van der Waals surface area contributed by atoms with Crippen LogP contribution in [0.15, 0.2) is 18.3 Å². The second-order valence-corrected chi connectivity index (χ2v) is 4.13. The molecule has 3 N–H and O–H groups in total. The van der Waals surface area contributed by atoms with E-state index in [0.29, 0.717) is 6.54 Å². The minimum atomic E-state index is -0.0314. The highest BCUT2D eigenvalue weighted by Crippen LogP contribution is 2.26. The van der Waals surface area contributed by atoms with Crippen molar-refractivity contribution in [3.63, 3.8) is 0 Å². The molecule has 0 amide bonds. The molecule has 1 unspecified atom stereocenters. The molecule has 0 fully saturated rings. The standard InChI is InChI=1S/C12H21N3O/c1-4-12(2,7-8-13)15-11-10(16-3)6-5-9-14-11/h5-6,9H,4,7-8,13H2,1-3H3,(H,14,15). The topological polar surface area (TPSA) is 60.2 Å². The fourth-order valence-electron chi connectivity index (χ4n) is 1.58. The van der Waals surface area contributed by atoms with Crippen LogP contribution in [0, 0.1) is 0 Å². The third-order valence-corrected chi connectivity index (χ3v) is 2.89. The molecule has 0 aliphatic rings. The molecule has 90 valence electrons. The second kappa shape index (κ2) is 5.70. The fourth-order valence-corrected chi connectivity index (χ4v) is 1.58. The fraction of sp³-hybridized carbons (Fsp3) is 0.583. The van der Waals surface area contributed by atoms with Crippen molar-refractivity contribution in [2.45, 2.75) is 32.2 Å². The van der Waals surface area contributed by atoms with E-state index < -0.39 is 0 Å². The summed E-state index contributed by atoms with van der Waals surface area (Å²) in [5.74, 6) is 1.54. The zero-order chi connectivity index (χ0) is 12.0. The second-order valence-electron chi connectivity index (χ2n) is 4.13. The molecule has 1 rings (SSSR count). The van der Waals surface area contributed by atoms with E-state index >= 15 is 0 Å². The van der Waals surface area contributed by atoms with Crippen molar-refractivity contribution in [1.29, 1.82) is 0 Å². The number of nitrogens with zero attached hydrogens (tertiary/aromatic N) is 1. The van der Waals surface area contributed by atoms with Gasteiger partial charge < -0.3 is 15.8 Å². The van der Waals surface area contributed by atoms with Gasteiger partial charge in [-0.2, -0.15) is 0 Å². The Bertz CT molecular complexity index is 330. The van der Waals surface area contributed by atoms with E-state index in [4.69, 9.17) is 10.5 Å². The molecule has 16 heavy (non-hydrogen) atoms. The molecule has 4 heteroatoms. The quantitative estimate of drug-likeness (QED) is 0.774. The van der Waals surface area contributed by atoms with Gasteiger partial charge in [-0.1, -0.05) is 6.92 Å². The van der Waals surface area contributed by atoms with Crippen molar-refractivity contribution < 1.29 is 4.74 Å². The Labute approximate surface area is 97.2 Å². The average molecular weight is 223 g/mol. The molecule has 0 saturated heterocycles. The van der Waals surface area contributed by atoms with Crippen LogP contribution in [0.1, 0.15) is 26.7 Å². The highest BCUT2D eigenvalue weighted by atomic mass is 16.5. The van der Waals surface area contributed by atoms with E-state index in [-0.39, 0.29) is 5.54 Å². The number of aromatic nitrogens is 1. The summed E-state index contributed by atoms with van der Waals surface area (Å²) in [6, 6.07) is 3.75. The van der Waals surface area contributed by atoms with Gasteiger partial charge in [0, 0.05) is 11.7 Å². The van der Waals surface area contributed by atoms with Crippen LogP contribution in [0.4, 0.5) is 5.82 Å². The number of nitrogens with one attached hydrogen (secondary N) is 1. The number of hydrogen-bond donors (Lipinski definition) is 2. The minimum absolute atomic E-state index is 0.0314. The zero-order valence-corrected chi connectivity index (χ0v) is 10.3. The van der Waals surface area contributed by atoms with E-state index in [1.165, 1.54) is 0 Å². The van der Waals surface area contributed by atoms with Crippen LogP contribution in [-0.4, -0.2) is 24.2 Å². The number of rotatable bonds is 6. The molecule has 0 radical (unpaired) electrons. The SMILES string of the molecule is CCC(C)(CCN)Nc1ncccc1OC. The van der Waals surface area contributed by atoms with Crippen LogP contribution in [0.2, 0.25) is 0 Å². The molecular formula is C12H21N3O. The molecule has 0 saturated carbocycles. The van der Waals surface area contributed by atoms with Crippen molar-refractivity contribution in [2.24, 2.45) is 5.73 Å². The normalized spacial score (nSPS) is 14.2. The zero-order valence-electron chi connectivity index (χ0n) is 10.3. The number of pyridine rings is 1. The Hall–Kier alpha value is -1.29. The summed E-state index contributed by atoms with van der Waals surface area (Å²) < 4.78 is 5.26. The first-order valence-electron chi connectivity index (χ1n) is 5.62. The molecule has 1 aromatic heterocycles. The van der Waals surface area contributed by atoms with Crippen LogP contribution in [-0.2, 0) is 0 Å². The van der Waals surface area contributed by atoms with E-state index in [1.54, 1.807) is 13.3 Å². The molecule has 0 aromatic carbocycles. The van der Waals surface area contributed by atoms with Gasteiger partial charge in [-0.25, -0.2) is 4.98 Å².